The average molecular weight is 281 g/mol. The van der Waals surface area contributed by atoms with E-state index in [0.29, 0.717) is 17.0 Å². The summed E-state index contributed by atoms with van der Waals surface area (Å²) in [6, 6.07) is 6.69. The summed E-state index contributed by atoms with van der Waals surface area (Å²) in [5.74, 6) is -0.200. The van der Waals surface area contributed by atoms with Gasteiger partial charge in [-0.25, -0.2) is 0 Å². The molecule has 0 bridgehead atoms. The quantitative estimate of drug-likeness (QED) is 0.878. The molecule has 1 aromatic carbocycles. The highest BCUT2D eigenvalue weighted by Gasteiger charge is 2.31. The Morgan fingerprint density at radius 1 is 1.32 bits per heavy atom. The van der Waals surface area contributed by atoms with Gasteiger partial charge in [0.15, 0.2) is 0 Å². The van der Waals surface area contributed by atoms with Crippen LogP contribution in [-0.2, 0) is 10.8 Å². The van der Waals surface area contributed by atoms with Crippen LogP contribution in [0.2, 0.25) is 0 Å². The molecular weight excluding hydrogens is 262 g/mol. The molecule has 2 N–H and O–H groups in total. The van der Waals surface area contributed by atoms with Crippen LogP contribution in [0, 0.1) is 0 Å². The SMILES string of the molecule is CS(=O)c1ccc(C(=O)NCC2(O)CCCC2)cc1. The molecule has 1 atom stereocenters. The highest BCUT2D eigenvalue weighted by molar-refractivity contribution is 7.84. The Labute approximate surface area is 115 Å². The molecule has 0 saturated heterocycles. The number of aliphatic hydroxyl groups is 1. The van der Waals surface area contributed by atoms with Crippen molar-refractivity contribution in [3.8, 4) is 0 Å². The molecule has 1 aliphatic rings. The highest BCUT2D eigenvalue weighted by Crippen LogP contribution is 2.28. The molecule has 0 heterocycles. The zero-order valence-electron chi connectivity index (χ0n) is 11.0. The van der Waals surface area contributed by atoms with Crippen molar-refractivity contribution in [2.24, 2.45) is 0 Å². The molecule has 104 valence electrons. The fraction of sp³-hybridized carbons (Fsp3) is 0.500. The van der Waals surface area contributed by atoms with Gasteiger partial charge in [0.05, 0.1) is 5.60 Å². The normalized spacial score (nSPS) is 19.1. The van der Waals surface area contributed by atoms with Gasteiger partial charge in [-0.2, -0.15) is 0 Å². The van der Waals surface area contributed by atoms with Crippen LogP contribution < -0.4 is 5.32 Å². The molecule has 2 rings (SSSR count). The fourth-order valence-electron chi connectivity index (χ4n) is 2.35. The van der Waals surface area contributed by atoms with E-state index in [-0.39, 0.29) is 5.91 Å². The summed E-state index contributed by atoms with van der Waals surface area (Å²) in [7, 11) is -1.03. The van der Waals surface area contributed by atoms with Crippen molar-refractivity contribution < 1.29 is 14.1 Å². The van der Waals surface area contributed by atoms with Gasteiger partial charge in [-0.05, 0) is 37.1 Å². The molecule has 1 unspecified atom stereocenters. The lowest BCUT2D eigenvalue weighted by atomic mass is 10.0. The molecule has 1 fully saturated rings. The van der Waals surface area contributed by atoms with E-state index in [2.05, 4.69) is 5.32 Å². The van der Waals surface area contributed by atoms with Gasteiger partial charge >= 0.3 is 0 Å². The van der Waals surface area contributed by atoms with E-state index in [1.165, 1.54) is 0 Å². The smallest absolute Gasteiger partial charge is 0.251 e. The third kappa shape index (κ3) is 3.64. The second kappa shape index (κ2) is 5.84. The van der Waals surface area contributed by atoms with Crippen LogP contribution in [0.1, 0.15) is 36.0 Å². The van der Waals surface area contributed by atoms with E-state index in [1.54, 1.807) is 30.5 Å². The van der Waals surface area contributed by atoms with Crippen LogP contribution in [0.5, 0.6) is 0 Å². The number of hydrogen-bond acceptors (Lipinski definition) is 3. The molecule has 5 heteroatoms. The minimum absolute atomic E-state index is 0.200. The van der Waals surface area contributed by atoms with E-state index < -0.39 is 16.4 Å². The maximum absolute atomic E-state index is 11.9. The minimum Gasteiger partial charge on any atom is -0.388 e. The molecule has 4 nitrogen and oxygen atoms in total. The Hall–Kier alpha value is -1.20. The summed E-state index contributed by atoms with van der Waals surface area (Å²) in [6.45, 7) is 0.299. The molecule has 1 amide bonds. The number of nitrogens with one attached hydrogen (secondary N) is 1. The van der Waals surface area contributed by atoms with Crippen molar-refractivity contribution in [3.63, 3.8) is 0 Å². The third-order valence-corrected chi connectivity index (χ3v) is 4.50. The Balaban J connectivity index is 1.94. The van der Waals surface area contributed by atoms with Gasteiger partial charge < -0.3 is 10.4 Å². The van der Waals surface area contributed by atoms with Gasteiger partial charge in [-0.15, -0.1) is 0 Å². The summed E-state index contributed by atoms with van der Waals surface area (Å²) in [6.07, 6.45) is 5.14. The molecule has 19 heavy (non-hydrogen) atoms. The summed E-state index contributed by atoms with van der Waals surface area (Å²) >= 11 is 0. The molecule has 0 radical (unpaired) electrons. The first-order chi connectivity index (χ1) is 9.00. The second-order valence-corrected chi connectivity index (χ2v) is 6.47. The molecule has 0 aromatic heterocycles. The fourth-order valence-corrected chi connectivity index (χ4v) is 2.87. The average Bonchev–Trinajstić information content (AvgIpc) is 2.83. The first kappa shape index (κ1) is 14.2. The predicted octanol–water partition coefficient (Wildman–Crippen LogP) is 1.46. The van der Waals surface area contributed by atoms with Crippen LogP contribution in [0.15, 0.2) is 29.2 Å². The Bertz CT molecular complexity index is 478. The van der Waals surface area contributed by atoms with Gasteiger partial charge in [0.1, 0.15) is 0 Å². The molecule has 1 aromatic rings. The van der Waals surface area contributed by atoms with Gasteiger partial charge in [-0.3, -0.25) is 9.00 Å². The van der Waals surface area contributed by atoms with Crippen LogP contribution in [0.3, 0.4) is 0 Å². The molecule has 1 saturated carbocycles. The lowest BCUT2D eigenvalue weighted by Crippen LogP contribution is -2.40. The van der Waals surface area contributed by atoms with Gasteiger partial charge in [0.2, 0.25) is 0 Å². The van der Waals surface area contributed by atoms with Crippen LogP contribution in [0.25, 0.3) is 0 Å². The monoisotopic (exact) mass is 281 g/mol. The minimum atomic E-state index is -1.03. The predicted molar refractivity (Wildman–Crippen MR) is 74.5 cm³/mol. The summed E-state index contributed by atoms with van der Waals surface area (Å²) in [4.78, 5) is 12.6. The van der Waals surface area contributed by atoms with Crippen molar-refractivity contribution in [1.82, 2.24) is 5.32 Å². The van der Waals surface area contributed by atoms with Crippen LogP contribution in [0.4, 0.5) is 0 Å². The van der Waals surface area contributed by atoms with E-state index in [1.807, 2.05) is 0 Å². The van der Waals surface area contributed by atoms with Crippen LogP contribution >= 0.6 is 0 Å². The largest absolute Gasteiger partial charge is 0.388 e. The summed E-state index contributed by atoms with van der Waals surface area (Å²) in [5, 5.41) is 12.9. The zero-order valence-corrected chi connectivity index (χ0v) is 11.8. The zero-order chi connectivity index (χ0) is 13.9. The Morgan fingerprint density at radius 2 is 1.89 bits per heavy atom. The van der Waals surface area contributed by atoms with E-state index in [9.17, 15) is 14.1 Å². The lowest BCUT2D eigenvalue weighted by molar-refractivity contribution is 0.0449. The van der Waals surface area contributed by atoms with E-state index >= 15 is 0 Å². The van der Waals surface area contributed by atoms with Gasteiger partial charge in [0, 0.05) is 34.1 Å². The number of carbonyl (C=O) groups is 1. The standard InChI is InChI=1S/C14H19NO3S/c1-19(18)12-6-4-11(5-7-12)13(16)15-10-14(17)8-2-3-9-14/h4-7,17H,2-3,8-10H2,1H3,(H,15,16). The number of amides is 1. The van der Waals surface area contributed by atoms with Crippen molar-refractivity contribution in [1.29, 1.82) is 0 Å². The maximum atomic E-state index is 11.9. The van der Waals surface area contributed by atoms with Crippen LogP contribution in [-0.4, -0.2) is 33.6 Å². The highest BCUT2D eigenvalue weighted by atomic mass is 32.2. The summed E-state index contributed by atoms with van der Waals surface area (Å²) in [5.41, 5.74) is -0.212. The lowest BCUT2D eigenvalue weighted by Gasteiger charge is -2.22. The van der Waals surface area contributed by atoms with Crippen molar-refractivity contribution in [3.05, 3.63) is 29.8 Å². The molecular formula is C14H19NO3S. The van der Waals surface area contributed by atoms with E-state index in [4.69, 9.17) is 0 Å². The number of carbonyl (C=O) groups excluding carboxylic acids is 1. The summed E-state index contributed by atoms with van der Waals surface area (Å²) < 4.78 is 11.2. The van der Waals surface area contributed by atoms with Crippen molar-refractivity contribution >= 4 is 16.7 Å². The maximum Gasteiger partial charge on any atom is 0.251 e. The number of benzene rings is 1. The third-order valence-electron chi connectivity index (χ3n) is 3.56. The molecule has 0 spiro atoms. The van der Waals surface area contributed by atoms with E-state index in [0.717, 1.165) is 25.7 Å². The number of hydrogen-bond donors (Lipinski definition) is 2. The molecule has 0 aliphatic heterocycles. The van der Waals surface area contributed by atoms with Crippen molar-refractivity contribution in [2.45, 2.75) is 36.2 Å². The Morgan fingerprint density at radius 3 is 2.42 bits per heavy atom. The first-order valence-electron chi connectivity index (χ1n) is 6.44. The topological polar surface area (TPSA) is 66.4 Å². The second-order valence-electron chi connectivity index (χ2n) is 5.09. The first-order valence-corrected chi connectivity index (χ1v) is 8.00. The van der Waals surface area contributed by atoms with Crippen molar-refractivity contribution in [2.75, 3.05) is 12.8 Å². The molecule has 1 aliphatic carbocycles. The van der Waals surface area contributed by atoms with Gasteiger partial charge in [0.25, 0.3) is 5.91 Å². The van der Waals surface area contributed by atoms with Gasteiger partial charge in [-0.1, -0.05) is 12.8 Å². The number of rotatable bonds is 4. The Kier molecular flexibility index (Phi) is 4.37.